The van der Waals surface area contributed by atoms with Gasteiger partial charge in [0.1, 0.15) is 12.4 Å². The van der Waals surface area contributed by atoms with Gasteiger partial charge in [-0.05, 0) is 36.4 Å². The van der Waals surface area contributed by atoms with Gasteiger partial charge in [-0.2, -0.15) is 4.98 Å². The number of benzene rings is 2. The molecular formula is C22H22FN5O3. The van der Waals surface area contributed by atoms with Crippen LogP contribution in [0.4, 0.5) is 33.2 Å². The first-order chi connectivity index (χ1) is 15.1. The largest absolute Gasteiger partial charge is 0.491 e. The number of carbonyl (C=O) groups is 1. The fourth-order valence-corrected chi connectivity index (χ4v) is 2.56. The molecular weight excluding hydrogens is 401 g/mol. The molecule has 0 fully saturated rings. The molecule has 1 heterocycles. The molecule has 9 heteroatoms. The van der Waals surface area contributed by atoms with E-state index in [0.717, 1.165) is 6.20 Å². The van der Waals surface area contributed by atoms with Crippen LogP contribution in [-0.2, 0) is 9.53 Å². The maximum Gasteiger partial charge on any atom is 0.247 e. The van der Waals surface area contributed by atoms with E-state index in [4.69, 9.17) is 9.47 Å². The van der Waals surface area contributed by atoms with Gasteiger partial charge in [-0.3, -0.25) is 4.79 Å². The summed E-state index contributed by atoms with van der Waals surface area (Å²) in [5, 5.41) is 8.58. The van der Waals surface area contributed by atoms with Crippen molar-refractivity contribution < 1.29 is 18.7 Å². The van der Waals surface area contributed by atoms with Gasteiger partial charge < -0.3 is 25.4 Å². The van der Waals surface area contributed by atoms with Gasteiger partial charge in [0.05, 0.1) is 12.8 Å². The van der Waals surface area contributed by atoms with Gasteiger partial charge in [-0.15, -0.1) is 0 Å². The summed E-state index contributed by atoms with van der Waals surface area (Å²) in [5.74, 6) is -0.127. The third-order valence-corrected chi connectivity index (χ3v) is 3.97. The van der Waals surface area contributed by atoms with Crippen molar-refractivity contribution in [3.05, 3.63) is 73.2 Å². The second-order valence-corrected chi connectivity index (χ2v) is 6.28. The summed E-state index contributed by atoms with van der Waals surface area (Å²) in [6.07, 6.45) is 2.25. The molecule has 0 aliphatic heterocycles. The minimum absolute atomic E-state index is 0.00246. The van der Waals surface area contributed by atoms with Gasteiger partial charge in [0.2, 0.25) is 11.9 Å². The lowest BCUT2D eigenvalue weighted by atomic mass is 10.2. The molecule has 0 aliphatic rings. The summed E-state index contributed by atoms with van der Waals surface area (Å²) in [4.78, 5) is 19.6. The van der Waals surface area contributed by atoms with Gasteiger partial charge >= 0.3 is 0 Å². The minimum atomic E-state index is -0.608. The highest BCUT2D eigenvalue weighted by Gasteiger charge is 2.09. The zero-order valence-corrected chi connectivity index (χ0v) is 16.9. The van der Waals surface area contributed by atoms with Crippen molar-refractivity contribution in [2.24, 2.45) is 0 Å². The predicted molar refractivity (Wildman–Crippen MR) is 118 cm³/mol. The van der Waals surface area contributed by atoms with E-state index >= 15 is 0 Å². The number of amides is 1. The zero-order valence-electron chi connectivity index (χ0n) is 16.9. The highest BCUT2D eigenvalue weighted by Crippen LogP contribution is 2.24. The zero-order chi connectivity index (χ0) is 22.1. The Labute approximate surface area is 179 Å². The lowest BCUT2D eigenvalue weighted by Gasteiger charge is -2.11. The SMILES string of the molecule is C=CC(=O)Nc1cccc(Nc2ncc(F)c(Nc3cccc(OCCOC)c3)n2)c1. The van der Waals surface area contributed by atoms with E-state index in [1.807, 2.05) is 0 Å². The van der Waals surface area contributed by atoms with E-state index < -0.39 is 5.82 Å². The topological polar surface area (TPSA) is 97.4 Å². The lowest BCUT2D eigenvalue weighted by Crippen LogP contribution is -2.07. The Morgan fingerprint density at radius 3 is 2.61 bits per heavy atom. The molecule has 3 rings (SSSR count). The highest BCUT2D eigenvalue weighted by atomic mass is 19.1. The van der Waals surface area contributed by atoms with Crippen LogP contribution in [0.1, 0.15) is 0 Å². The maximum atomic E-state index is 14.3. The highest BCUT2D eigenvalue weighted by molar-refractivity contribution is 5.99. The van der Waals surface area contributed by atoms with E-state index in [1.54, 1.807) is 55.6 Å². The van der Waals surface area contributed by atoms with Crippen LogP contribution in [0.5, 0.6) is 5.75 Å². The molecule has 0 spiro atoms. The number of rotatable bonds is 10. The van der Waals surface area contributed by atoms with Crippen molar-refractivity contribution in [1.29, 1.82) is 0 Å². The van der Waals surface area contributed by atoms with Crippen molar-refractivity contribution in [2.45, 2.75) is 0 Å². The average Bonchev–Trinajstić information content (AvgIpc) is 2.77. The minimum Gasteiger partial charge on any atom is -0.491 e. The number of carbonyl (C=O) groups excluding carboxylic acids is 1. The molecule has 1 aromatic heterocycles. The van der Waals surface area contributed by atoms with Crippen LogP contribution in [-0.4, -0.2) is 36.2 Å². The molecule has 2 aromatic carbocycles. The molecule has 0 saturated carbocycles. The molecule has 31 heavy (non-hydrogen) atoms. The monoisotopic (exact) mass is 423 g/mol. The Bertz CT molecular complexity index is 1060. The van der Waals surface area contributed by atoms with E-state index in [1.165, 1.54) is 6.08 Å². The number of methoxy groups -OCH3 is 1. The van der Waals surface area contributed by atoms with Crippen molar-refractivity contribution in [1.82, 2.24) is 9.97 Å². The third-order valence-electron chi connectivity index (χ3n) is 3.97. The maximum absolute atomic E-state index is 14.3. The van der Waals surface area contributed by atoms with Crippen LogP contribution < -0.4 is 20.7 Å². The fourth-order valence-electron chi connectivity index (χ4n) is 2.56. The van der Waals surface area contributed by atoms with Crippen molar-refractivity contribution in [2.75, 3.05) is 36.3 Å². The average molecular weight is 423 g/mol. The number of halogens is 1. The Morgan fingerprint density at radius 2 is 1.84 bits per heavy atom. The number of hydrogen-bond donors (Lipinski definition) is 3. The molecule has 8 nitrogen and oxygen atoms in total. The van der Waals surface area contributed by atoms with E-state index in [9.17, 15) is 9.18 Å². The summed E-state index contributed by atoms with van der Waals surface area (Å²) >= 11 is 0. The van der Waals surface area contributed by atoms with Crippen molar-refractivity contribution in [3.63, 3.8) is 0 Å². The number of aromatic nitrogens is 2. The van der Waals surface area contributed by atoms with Crippen LogP contribution in [0.2, 0.25) is 0 Å². The second kappa shape index (κ2) is 10.7. The number of nitrogens with zero attached hydrogens (tertiary/aromatic N) is 2. The molecule has 160 valence electrons. The summed E-state index contributed by atoms with van der Waals surface area (Å²) in [6.45, 7) is 4.29. The van der Waals surface area contributed by atoms with Gasteiger partial charge in [-0.25, -0.2) is 9.37 Å². The second-order valence-electron chi connectivity index (χ2n) is 6.28. The molecule has 3 N–H and O–H groups in total. The molecule has 1 amide bonds. The molecule has 0 aliphatic carbocycles. The summed E-state index contributed by atoms with van der Waals surface area (Å²) in [7, 11) is 1.60. The van der Waals surface area contributed by atoms with Crippen LogP contribution in [0.15, 0.2) is 67.4 Å². The number of ether oxygens (including phenoxy) is 2. The third kappa shape index (κ3) is 6.51. The number of hydrogen-bond acceptors (Lipinski definition) is 7. The molecule has 0 bridgehead atoms. The van der Waals surface area contributed by atoms with Crippen LogP contribution in [0, 0.1) is 5.82 Å². The predicted octanol–water partition coefficient (Wildman–Crippen LogP) is 4.25. The van der Waals surface area contributed by atoms with E-state index in [-0.39, 0.29) is 17.7 Å². The lowest BCUT2D eigenvalue weighted by molar-refractivity contribution is -0.111. The summed E-state index contributed by atoms with van der Waals surface area (Å²) in [5.41, 5.74) is 1.79. The Morgan fingerprint density at radius 1 is 1.10 bits per heavy atom. The summed E-state index contributed by atoms with van der Waals surface area (Å²) in [6, 6.07) is 14.0. The first kappa shape index (κ1) is 21.7. The Hall–Kier alpha value is -3.98. The van der Waals surface area contributed by atoms with E-state index in [2.05, 4.69) is 32.5 Å². The van der Waals surface area contributed by atoms with Gasteiger partial charge in [0.25, 0.3) is 0 Å². The van der Waals surface area contributed by atoms with Crippen LogP contribution in [0.25, 0.3) is 0 Å². The molecule has 3 aromatic rings. The van der Waals surface area contributed by atoms with Gasteiger partial charge in [0, 0.05) is 30.2 Å². The first-order valence-electron chi connectivity index (χ1n) is 9.39. The van der Waals surface area contributed by atoms with Crippen LogP contribution in [0.3, 0.4) is 0 Å². The van der Waals surface area contributed by atoms with E-state index in [0.29, 0.717) is 36.0 Å². The Kier molecular flexibility index (Phi) is 7.50. The van der Waals surface area contributed by atoms with Crippen LogP contribution >= 0.6 is 0 Å². The van der Waals surface area contributed by atoms with Crippen molar-refractivity contribution in [3.8, 4) is 5.75 Å². The normalized spacial score (nSPS) is 10.3. The van der Waals surface area contributed by atoms with Gasteiger partial charge in [0.15, 0.2) is 11.6 Å². The van der Waals surface area contributed by atoms with Crippen molar-refractivity contribution >= 4 is 34.7 Å². The standard InChI is InChI=1S/C22H22FN5O3/c1-3-20(29)25-15-6-4-7-16(12-15)27-22-24-14-19(23)21(28-22)26-17-8-5-9-18(13-17)31-11-10-30-2/h3-9,12-14H,1,10-11H2,2H3,(H,25,29)(H2,24,26,27,28). The Balaban J connectivity index is 1.72. The molecule has 0 saturated heterocycles. The quantitative estimate of drug-likeness (QED) is 0.331. The first-order valence-corrected chi connectivity index (χ1v) is 9.39. The molecule has 0 unspecified atom stereocenters. The smallest absolute Gasteiger partial charge is 0.247 e. The summed E-state index contributed by atoms with van der Waals surface area (Å²) < 4.78 is 24.8. The van der Waals surface area contributed by atoms with Gasteiger partial charge in [-0.1, -0.05) is 18.7 Å². The molecule has 0 radical (unpaired) electrons. The molecule has 0 atom stereocenters. The fraction of sp³-hybridized carbons (Fsp3) is 0.136. The number of nitrogens with one attached hydrogen (secondary N) is 3. The number of anilines is 5.